The van der Waals surface area contributed by atoms with Crippen LogP contribution in [-0.2, 0) is 10.2 Å². The van der Waals surface area contributed by atoms with Crippen LogP contribution in [-0.4, -0.2) is 23.3 Å². The van der Waals surface area contributed by atoms with Crippen molar-refractivity contribution in [2.24, 2.45) is 0 Å². The summed E-state index contributed by atoms with van der Waals surface area (Å²) in [5.41, 5.74) is 1.88. The van der Waals surface area contributed by atoms with Crippen molar-refractivity contribution < 1.29 is 9.53 Å². The molecule has 0 spiro atoms. The zero-order valence-electron chi connectivity index (χ0n) is 13.9. The highest BCUT2D eigenvalue weighted by Gasteiger charge is 2.17. The Morgan fingerprint density at radius 2 is 2.00 bits per heavy atom. The summed E-state index contributed by atoms with van der Waals surface area (Å²) in [7, 11) is 0. The lowest BCUT2D eigenvalue weighted by molar-refractivity contribution is -0.113. The lowest BCUT2D eigenvalue weighted by Crippen LogP contribution is -2.14. The molecule has 0 saturated heterocycles. The number of nitrogens with one attached hydrogen (secondary N) is 1. The van der Waals surface area contributed by atoms with Gasteiger partial charge in [-0.3, -0.25) is 4.79 Å². The number of benzene rings is 1. The van der Waals surface area contributed by atoms with Crippen LogP contribution in [0.2, 0.25) is 0 Å². The van der Waals surface area contributed by atoms with Gasteiger partial charge in [-0.15, -0.1) is 11.3 Å². The molecule has 0 unspecified atom stereocenters. The number of hydrogen-bond acceptors (Lipinski definition) is 5. The molecule has 6 heteroatoms. The van der Waals surface area contributed by atoms with E-state index in [4.69, 9.17) is 4.74 Å². The molecule has 1 aromatic heterocycles. The summed E-state index contributed by atoms with van der Waals surface area (Å²) in [5, 5.41) is 4.94. The molecular formula is C17H22N2O2S2. The highest BCUT2D eigenvalue weighted by Crippen LogP contribution is 2.29. The van der Waals surface area contributed by atoms with Crippen LogP contribution in [0.25, 0.3) is 0 Å². The van der Waals surface area contributed by atoms with Gasteiger partial charge in [-0.1, -0.05) is 32.5 Å². The molecule has 4 nitrogen and oxygen atoms in total. The second-order valence-electron chi connectivity index (χ2n) is 6.04. The molecule has 23 heavy (non-hydrogen) atoms. The molecule has 1 heterocycles. The Kier molecular flexibility index (Phi) is 6.07. The number of thiazole rings is 1. The molecule has 2 aromatic rings. The Bertz CT molecular complexity index is 645. The number of amides is 1. The van der Waals surface area contributed by atoms with Gasteiger partial charge in [-0.25, -0.2) is 4.98 Å². The fourth-order valence-corrected chi connectivity index (χ4v) is 3.65. The molecule has 0 aliphatic carbocycles. The summed E-state index contributed by atoms with van der Waals surface area (Å²) < 4.78 is 6.30. The van der Waals surface area contributed by atoms with Crippen molar-refractivity contribution in [3.05, 3.63) is 35.3 Å². The summed E-state index contributed by atoms with van der Waals surface area (Å²) in [5.74, 6) is 1.12. The third-order valence-corrected chi connectivity index (χ3v) is 5.05. The Balaban J connectivity index is 1.84. The highest BCUT2D eigenvalue weighted by molar-refractivity contribution is 8.01. The Morgan fingerprint density at radius 1 is 1.30 bits per heavy atom. The lowest BCUT2D eigenvalue weighted by atomic mass is 9.93. The van der Waals surface area contributed by atoms with E-state index in [1.165, 1.54) is 11.8 Å². The summed E-state index contributed by atoms with van der Waals surface area (Å²) in [6.07, 6.45) is 0. The van der Waals surface area contributed by atoms with E-state index in [1.54, 1.807) is 11.3 Å². The first kappa shape index (κ1) is 17.8. The number of thioether (sulfide) groups is 1. The summed E-state index contributed by atoms with van der Waals surface area (Å²) >= 11 is 3.05. The number of rotatable bonds is 6. The van der Waals surface area contributed by atoms with Crippen LogP contribution >= 0.6 is 23.1 Å². The topological polar surface area (TPSA) is 51.2 Å². The van der Waals surface area contributed by atoms with Crippen LogP contribution in [0.1, 0.15) is 33.4 Å². The van der Waals surface area contributed by atoms with Gasteiger partial charge < -0.3 is 10.1 Å². The van der Waals surface area contributed by atoms with Gasteiger partial charge in [-0.05, 0) is 31.2 Å². The molecule has 0 fully saturated rings. The van der Waals surface area contributed by atoms with E-state index in [1.807, 2.05) is 31.2 Å². The van der Waals surface area contributed by atoms with Gasteiger partial charge in [0.15, 0.2) is 4.34 Å². The minimum atomic E-state index is -0.0355. The average molecular weight is 351 g/mol. The first-order valence-corrected chi connectivity index (χ1v) is 9.36. The largest absolute Gasteiger partial charge is 0.494 e. The first-order valence-electron chi connectivity index (χ1n) is 7.50. The molecule has 0 aliphatic rings. The van der Waals surface area contributed by atoms with Gasteiger partial charge in [0.1, 0.15) is 5.75 Å². The number of hydrogen-bond donors (Lipinski definition) is 1. The van der Waals surface area contributed by atoms with E-state index in [9.17, 15) is 4.79 Å². The zero-order valence-corrected chi connectivity index (χ0v) is 15.5. The van der Waals surface area contributed by atoms with Gasteiger partial charge in [0.2, 0.25) is 5.91 Å². The highest BCUT2D eigenvalue weighted by atomic mass is 32.2. The second-order valence-corrected chi connectivity index (χ2v) is 8.12. The van der Waals surface area contributed by atoms with Crippen LogP contribution in [0.15, 0.2) is 34.0 Å². The van der Waals surface area contributed by atoms with Crippen molar-refractivity contribution in [2.75, 3.05) is 17.7 Å². The maximum absolute atomic E-state index is 12.0. The first-order chi connectivity index (χ1) is 10.9. The van der Waals surface area contributed by atoms with E-state index < -0.39 is 0 Å². The minimum absolute atomic E-state index is 0.0355. The van der Waals surface area contributed by atoms with Crippen molar-refractivity contribution in [1.29, 1.82) is 0 Å². The molecule has 0 atom stereocenters. The summed E-state index contributed by atoms with van der Waals surface area (Å²) in [4.78, 5) is 16.6. The molecule has 0 radical (unpaired) electrons. The molecule has 2 rings (SSSR count). The van der Waals surface area contributed by atoms with Gasteiger partial charge in [0, 0.05) is 16.5 Å². The third-order valence-electron chi connectivity index (χ3n) is 3.03. The van der Waals surface area contributed by atoms with Gasteiger partial charge in [0.05, 0.1) is 18.1 Å². The summed E-state index contributed by atoms with van der Waals surface area (Å²) in [6, 6.07) is 7.38. The molecule has 1 amide bonds. The molecule has 0 saturated carbocycles. The lowest BCUT2D eigenvalue weighted by Gasteiger charge is -2.14. The monoisotopic (exact) mass is 350 g/mol. The SMILES string of the molecule is CCOc1ccc(NC(=O)CSc2nc(C(C)(C)C)cs2)cc1. The normalized spacial score (nSPS) is 11.3. The maximum atomic E-state index is 12.0. The van der Waals surface area contributed by atoms with E-state index in [0.717, 1.165) is 21.5 Å². The molecule has 1 N–H and O–H groups in total. The number of aromatic nitrogens is 1. The predicted octanol–water partition coefficient (Wildman–Crippen LogP) is 4.57. The predicted molar refractivity (Wildman–Crippen MR) is 97.8 cm³/mol. The molecule has 0 aliphatic heterocycles. The molecule has 1 aromatic carbocycles. The van der Waals surface area contributed by atoms with E-state index in [0.29, 0.717) is 12.4 Å². The van der Waals surface area contributed by atoms with Crippen LogP contribution in [0, 0.1) is 0 Å². The zero-order chi connectivity index (χ0) is 16.9. The van der Waals surface area contributed by atoms with Gasteiger partial charge in [0.25, 0.3) is 0 Å². The fraction of sp³-hybridized carbons (Fsp3) is 0.412. The van der Waals surface area contributed by atoms with E-state index in [-0.39, 0.29) is 11.3 Å². The van der Waals surface area contributed by atoms with Crippen LogP contribution in [0.4, 0.5) is 5.69 Å². The van der Waals surface area contributed by atoms with Crippen molar-refractivity contribution in [2.45, 2.75) is 37.4 Å². The van der Waals surface area contributed by atoms with Gasteiger partial charge >= 0.3 is 0 Å². The minimum Gasteiger partial charge on any atom is -0.494 e. The second kappa shape index (κ2) is 7.84. The molecule has 0 bridgehead atoms. The number of ether oxygens (including phenoxy) is 1. The Hall–Kier alpha value is -1.53. The van der Waals surface area contributed by atoms with E-state index in [2.05, 4.69) is 36.5 Å². The van der Waals surface area contributed by atoms with Crippen molar-refractivity contribution in [1.82, 2.24) is 4.98 Å². The summed E-state index contributed by atoms with van der Waals surface area (Å²) in [6.45, 7) is 8.97. The number of carbonyl (C=O) groups excluding carboxylic acids is 1. The van der Waals surface area contributed by atoms with Crippen LogP contribution in [0.3, 0.4) is 0 Å². The van der Waals surface area contributed by atoms with E-state index >= 15 is 0 Å². The Labute approximate surface area is 145 Å². The van der Waals surface area contributed by atoms with Crippen LogP contribution < -0.4 is 10.1 Å². The average Bonchev–Trinajstić information content (AvgIpc) is 2.97. The number of anilines is 1. The Morgan fingerprint density at radius 3 is 2.57 bits per heavy atom. The number of nitrogens with zero attached hydrogens (tertiary/aromatic N) is 1. The van der Waals surface area contributed by atoms with Crippen molar-refractivity contribution >= 4 is 34.7 Å². The smallest absolute Gasteiger partial charge is 0.234 e. The van der Waals surface area contributed by atoms with Crippen LogP contribution in [0.5, 0.6) is 5.75 Å². The number of carbonyl (C=O) groups is 1. The fourth-order valence-electron chi connectivity index (χ4n) is 1.79. The van der Waals surface area contributed by atoms with Crippen molar-refractivity contribution in [3.63, 3.8) is 0 Å². The van der Waals surface area contributed by atoms with Crippen molar-refractivity contribution in [3.8, 4) is 5.75 Å². The quantitative estimate of drug-likeness (QED) is 0.775. The molecular weight excluding hydrogens is 328 g/mol. The standard InChI is InChI=1S/C17H22N2O2S2/c1-5-21-13-8-6-12(7-9-13)18-15(20)11-23-16-19-14(10-22-16)17(2,3)4/h6-10H,5,11H2,1-4H3,(H,18,20). The van der Waals surface area contributed by atoms with Gasteiger partial charge in [-0.2, -0.15) is 0 Å². The maximum Gasteiger partial charge on any atom is 0.234 e. The molecule has 124 valence electrons. The third kappa shape index (κ3) is 5.55.